The van der Waals surface area contributed by atoms with Crippen LogP contribution in [0.3, 0.4) is 0 Å². The number of halogens is 2. The summed E-state index contributed by atoms with van der Waals surface area (Å²) in [4.78, 5) is 141. The number of amides is 8. The van der Waals surface area contributed by atoms with Gasteiger partial charge in [0.2, 0.25) is 65.6 Å². The molecule has 7 aromatic rings. The van der Waals surface area contributed by atoms with Gasteiger partial charge in [0.05, 0.1) is 23.8 Å². The number of aliphatic hydroxyl groups is 7. The Kier molecular flexibility index (Phi) is 29.7. The Balaban J connectivity index is 1.05. The fourth-order valence-electron chi connectivity index (χ4n) is 15.8. The predicted octanol–water partition coefficient (Wildman–Crippen LogP) is 3.87. The molecule has 2 saturated heterocycles. The predicted molar refractivity (Wildman–Crippen MR) is 452 cm³/mol. The van der Waals surface area contributed by atoms with Gasteiger partial charge in [0.15, 0.2) is 29.1 Å². The van der Waals surface area contributed by atoms with E-state index in [9.17, 15) is 70.6 Å². The van der Waals surface area contributed by atoms with Gasteiger partial charge < -0.3 is 147 Å². The van der Waals surface area contributed by atoms with E-state index in [1.807, 2.05) is 4.90 Å². The third-order valence-corrected chi connectivity index (χ3v) is 23.4. The Morgan fingerprint density at radius 2 is 1.23 bits per heavy atom. The number of methoxy groups -OCH3 is 1. The lowest BCUT2D eigenvalue weighted by atomic mass is 9.89. The van der Waals surface area contributed by atoms with Crippen LogP contribution in [0.2, 0.25) is 10.0 Å². The molecule has 15 rings (SSSR count). The number of carbonyl (C=O) groups excluding carboxylic acids is 9. The highest BCUT2D eigenvalue weighted by molar-refractivity contribution is 6.33. The molecule has 0 unspecified atom stereocenters. The lowest BCUT2D eigenvalue weighted by Crippen LogP contribution is -2.66. The van der Waals surface area contributed by atoms with Crippen LogP contribution in [0.25, 0.3) is 11.1 Å². The molecule has 7 aromatic carbocycles. The van der Waals surface area contributed by atoms with E-state index >= 15 is 28.8 Å². The second-order valence-electron chi connectivity index (χ2n) is 32.5. The number of hydrogen-bond donors (Lipinski definition) is 20. The molecule has 8 heterocycles. The topological polar surface area (TPSA) is 562 Å². The largest absolute Gasteiger partial charge is 0.508 e. The maximum absolute atomic E-state index is 16.9. The average molecular weight is 1820 g/mol. The van der Waals surface area contributed by atoms with Crippen molar-refractivity contribution in [1.29, 1.82) is 0 Å². The molecule has 0 saturated carbocycles. The zero-order valence-electron chi connectivity index (χ0n) is 70.0. The third kappa shape index (κ3) is 20.9. The molecule has 128 heavy (non-hydrogen) atoms. The lowest BCUT2D eigenvalue weighted by molar-refractivity contribution is -0.277. The fourth-order valence-corrected chi connectivity index (χ4v) is 16.3. The van der Waals surface area contributed by atoms with E-state index in [2.05, 4.69) is 61.7 Å². The van der Waals surface area contributed by atoms with Gasteiger partial charge in [-0.3, -0.25) is 38.4 Å². The van der Waals surface area contributed by atoms with Gasteiger partial charge in [0.1, 0.15) is 131 Å². The third-order valence-electron chi connectivity index (χ3n) is 22.7. The molecular weight excluding hydrogens is 1720 g/mol. The molecule has 0 aromatic heterocycles. The van der Waals surface area contributed by atoms with Gasteiger partial charge in [-0.25, -0.2) is 4.79 Å². The van der Waals surface area contributed by atoms with Gasteiger partial charge in [0, 0.05) is 48.2 Å². The van der Waals surface area contributed by atoms with Gasteiger partial charge in [-0.2, -0.15) is 0 Å². The molecule has 20 N–H and O–H groups in total. The summed E-state index contributed by atoms with van der Waals surface area (Å²) in [6.45, 7) is 3.59. The monoisotopic (exact) mass is 1810 g/mol. The van der Waals surface area contributed by atoms with Crippen LogP contribution < -0.4 is 71.5 Å². The normalized spacial score (nSPS) is 25.8. The average Bonchev–Trinajstić information content (AvgIpc) is 0.767. The number of likely N-dealkylation sites (N-methyl/N-ethyl adjacent to an activating group) is 1. The standard InChI is InChI=1S/C88H100Cl2N10O28/c1-38(2)13-10-8-7-9-11-14-61(106)94-70-73(109)75(111)78(86(120)121-6)128-87(70)127-77-58-31-43-32-59(77)124-55-24-19-42(29-50(55)89)71(107)69-85(119)98-67(80(114)92-25-12-26-100(4)5)48-33-44(102)34-57(125-88-76(112)74(110)72(108)60(37-101)126-88)62(48)47-28-40(17-22-52(47)103)65(82(116)99-69)95-83(117)66(43)96-84(118)68-49-35-46(36-54(105)63(49)90)123-56-30-41(18-23-53(56)104)64(91-3)81(115)93-51(79(113)97-68)27-39-15-20-45(122-58)21-16-39/h15-24,28-36,38,51,60,64-76,78,87-88,91,101-105,107-112H,7-14,25-27,37H2,1-6H3,(H,92,114)(H,93,115)(H,94,106)(H,95,117)(H,96,118)(H,97,113)(H,98,119)(H,99,116)/t51-,60-,64+,65-,66-,67-,68+,69+,70-,71-,72-,73-,74+,75+,76+,78+,87-,88+/m1/s1. The maximum atomic E-state index is 16.9. The van der Waals surface area contributed by atoms with Gasteiger partial charge in [-0.05, 0) is 153 Å². The van der Waals surface area contributed by atoms with Crippen molar-refractivity contribution < 1.29 is 137 Å². The van der Waals surface area contributed by atoms with Crippen LogP contribution in [-0.4, -0.2) is 236 Å². The van der Waals surface area contributed by atoms with Crippen molar-refractivity contribution >= 4 is 76.4 Å². The number of rotatable bonds is 21. The molecule has 0 radical (unpaired) electrons. The van der Waals surface area contributed by atoms with Crippen molar-refractivity contribution in [3.8, 4) is 80.1 Å². The fraction of sp³-hybridized carbons (Fsp3) is 0.420. The molecule has 0 aliphatic carbocycles. The first-order valence-electron chi connectivity index (χ1n) is 41.4. The van der Waals surface area contributed by atoms with Crippen molar-refractivity contribution in [3.05, 3.63) is 164 Å². The Hall–Kier alpha value is -11.9. The second kappa shape index (κ2) is 40.6. The zero-order valence-corrected chi connectivity index (χ0v) is 71.5. The summed E-state index contributed by atoms with van der Waals surface area (Å²) in [5, 5.41) is 151. The van der Waals surface area contributed by atoms with E-state index in [0.717, 1.165) is 99.5 Å². The molecule has 40 heteroatoms. The molecule has 18 atom stereocenters. The summed E-state index contributed by atoms with van der Waals surface area (Å²) in [6.07, 6.45) is -16.2. The van der Waals surface area contributed by atoms with Crippen LogP contribution in [-0.2, 0) is 63.8 Å². The molecule has 38 nitrogen and oxygen atoms in total. The highest BCUT2D eigenvalue weighted by atomic mass is 35.5. The number of benzene rings is 7. The molecule has 2 fully saturated rings. The second-order valence-corrected chi connectivity index (χ2v) is 33.3. The number of ether oxygens (including phenoxy) is 8. The Morgan fingerprint density at radius 1 is 0.570 bits per heavy atom. The number of fused-ring (bicyclic) bond motifs is 14. The van der Waals surface area contributed by atoms with Crippen molar-refractivity contribution in [3.63, 3.8) is 0 Å². The SMILES string of the molecule is CN[C@@H]1C(=O)N[C@@H]2Cc3ccc(cc3)Oc3cc4cc(c3O[C@@H]3O[C@H](C(=O)OC)[C@@H](O)[C@H](O)[C@H]3NC(=O)CCCCCCCC(C)C)Oc3ccc(cc3Cl)[C@@H](O)[C@@H]3NC(=O)[C@H](NC(=O)[C@@H]4NC(=O)[C@@H](NC2=O)c2cc(cc(O)c2Cl)Oc2cc1ccc2O)c1ccc(O)c(c1)-c1c(O[C@H]2O[C@H](CO)[C@@H](O)[C@H](O)[C@@H]2O)cc(O)cc1[C@H](C(=O)NCCCN(C)C)NC3=O. The number of phenols is 4. The number of aliphatic hydroxyl groups excluding tert-OH is 7. The van der Waals surface area contributed by atoms with Crippen molar-refractivity contribution in [2.75, 3.05) is 47.9 Å². The van der Waals surface area contributed by atoms with E-state index < -0.39 is 271 Å². The molecular formula is C88H100Cl2N10O28. The van der Waals surface area contributed by atoms with Gasteiger partial charge in [-0.1, -0.05) is 99.5 Å². The molecule has 17 bridgehead atoms. The van der Waals surface area contributed by atoms with Crippen LogP contribution in [0, 0.1) is 5.92 Å². The Bertz CT molecular complexity index is 5340. The van der Waals surface area contributed by atoms with Gasteiger partial charge in [-0.15, -0.1) is 0 Å². The number of unbranched alkanes of at least 4 members (excludes halogenated alkanes) is 4. The maximum Gasteiger partial charge on any atom is 0.337 e. The number of phenolic OH excluding ortho intramolecular Hbond substituents is 4. The molecule has 8 aliphatic rings. The first-order chi connectivity index (χ1) is 61.1. The van der Waals surface area contributed by atoms with Crippen LogP contribution in [0.5, 0.6) is 69.0 Å². The number of nitrogens with one attached hydrogen (secondary N) is 9. The smallest absolute Gasteiger partial charge is 0.337 e. The minimum atomic E-state index is -2.44. The van der Waals surface area contributed by atoms with Crippen molar-refractivity contribution in [2.45, 2.75) is 181 Å². The lowest BCUT2D eigenvalue weighted by Gasteiger charge is -2.41. The van der Waals surface area contributed by atoms with Crippen LogP contribution in [0.4, 0.5) is 0 Å². The Morgan fingerprint density at radius 3 is 1.93 bits per heavy atom. The zero-order chi connectivity index (χ0) is 92.0. The molecule has 8 amide bonds. The number of esters is 1. The molecule has 684 valence electrons. The molecule has 8 aliphatic heterocycles. The number of nitrogens with zero attached hydrogens (tertiary/aromatic N) is 1. The van der Waals surface area contributed by atoms with Crippen LogP contribution in [0.15, 0.2) is 115 Å². The van der Waals surface area contributed by atoms with Crippen molar-refractivity contribution in [1.82, 2.24) is 52.8 Å². The van der Waals surface area contributed by atoms with Gasteiger partial charge >= 0.3 is 5.97 Å². The summed E-state index contributed by atoms with van der Waals surface area (Å²) < 4.78 is 49.9. The number of aromatic hydroxyl groups is 4. The summed E-state index contributed by atoms with van der Waals surface area (Å²) in [5.74, 6) is -16.6. The van der Waals surface area contributed by atoms with Crippen LogP contribution >= 0.6 is 23.2 Å². The quantitative estimate of drug-likeness (QED) is 0.0359. The first kappa shape index (κ1) is 93.7. The minimum absolute atomic E-state index is 0.0897. The van der Waals surface area contributed by atoms with Gasteiger partial charge in [0.25, 0.3) is 0 Å². The first-order valence-corrected chi connectivity index (χ1v) is 42.1. The summed E-state index contributed by atoms with van der Waals surface area (Å²) in [7, 11) is 5.93. The van der Waals surface area contributed by atoms with E-state index in [4.69, 9.17) is 61.1 Å². The van der Waals surface area contributed by atoms with Crippen molar-refractivity contribution in [2.24, 2.45) is 5.92 Å². The van der Waals surface area contributed by atoms with Crippen LogP contribution in [0.1, 0.15) is 140 Å². The highest BCUT2D eigenvalue weighted by Crippen LogP contribution is 2.51. The summed E-state index contributed by atoms with van der Waals surface area (Å²) >= 11 is 14.3. The minimum Gasteiger partial charge on any atom is -0.508 e. The summed E-state index contributed by atoms with van der Waals surface area (Å²) in [6, 6.07) is 6.05. The van der Waals surface area contributed by atoms with E-state index in [1.165, 1.54) is 55.6 Å². The Labute approximate surface area is 742 Å². The highest BCUT2D eigenvalue weighted by Gasteiger charge is 2.52. The van der Waals surface area contributed by atoms with E-state index in [0.29, 0.717) is 37.3 Å². The number of carbonyl (C=O) groups is 9. The number of hydrogen-bond acceptors (Lipinski definition) is 30. The van der Waals surface area contributed by atoms with E-state index in [1.54, 1.807) is 14.1 Å². The van der Waals surface area contributed by atoms with E-state index in [-0.39, 0.29) is 41.3 Å². The molecule has 0 spiro atoms. The summed E-state index contributed by atoms with van der Waals surface area (Å²) in [5.41, 5.74) is -2.59.